The van der Waals surface area contributed by atoms with Crippen LogP contribution in [0.3, 0.4) is 0 Å². The molecule has 5 heteroatoms. The van der Waals surface area contributed by atoms with E-state index in [4.69, 9.17) is 9.40 Å². The van der Waals surface area contributed by atoms with E-state index in [0.29, 0.717) is 22.1 Å². The van der Waals surface area contributed by atoms with Gasteiger partial charge in [0.2, 0.25) is 0 Å². The first-order valence-corrected chi connectivity index (χ1v) is 10.4. The summed E-state index contributed by atoms with van der Waals surface area (Å²) in [4.78, 5) is 8.87. The van der Waals surface area contributed by atoms with E-state index in [1.54, 1.807) is 18.3 Å². The summed E-state index contributed by atoms with van der Waals surface area (Å²) in [7, 11) is 0. The number of hydrogen-bond acceptors (Lipinski definition) is 4. The molecule has 6 rings (SSSR count). The molecule has 3 heterocycles. The molecule has 0 aliphatic heterocycles. The van der Waals surface area contributed by atoms with E-state index in [1.807, 2.05) is 36.4 Å². The monoisotopic (exact) mass is 610 g/mol. The number of fused-ring (bicyclic) bond motifs is 4. The van der Waals surface area contributed by atoms with Crippen LogP contribution in [0.5, 0.6) is 5.75 Å². The molecule has 0 aliphatic carbocycles. The molecule has 0 spiro atoms. The van der Waals surface area contributed by atoms with Gasteiger partial charge in [-0.15, -0.1) is 34.9 Å². The number of hydrogen-bond donors (Lipinski definition) is 1. The maximum Gasteiger partial charge on any atom is 0.154 e. The minimum Gasteiger partial charge on any atom is -0.507 e. The molecular formula is C28H21IrN2O2-. The number of aromatic nitrogens is 2. The van der Waals surface area contributed by atoms with E-state index >= 15 is 0 Å². The van der Waals surface area contributed by atoms with Gasteiger partial charge in [0.1, 0.15) is 16.8 Å². The molecule has 1 radical (unpaired) electrons. The molecule has 1 N–H and O–H groups in total. The quantitative estimate of drug-likeness (QED) is 0.204. The molecule has 0 amide bonds. The number of nitrogens with zero attached hydrogens (tertiary/aromatic N) is 2. The summed E-state index contributed by atoms with van der Waals surface area (Å²) in [6.45, 7) is 4.17. The van der Waals surface area contributed by atoms with E-state index in [0.717, 1.165) is 22.3 Å². The number of benzene rings is 3. The maximum absolute atomic E-state index is 9.66. The third-order valence-corrected chi connectivity index (χ3v) is 5.25. The van der Waals surface area contributed by atoms with Gasteiger partial charge in [-0.3, -0.25) is 9.97 Å². The van der Waals surface area contributed by atoms with Crippen LogP contribution in [-0.2, 0) is 20.1 Å². The van der Waals surface area contributed by atoms with Crippen molar-refractivity contribution >= 4 is 33.0 Å². The Kier molecular flexibility index (Phi) is 6.55. The molecule has 0 aliphatic rings. The number of aryl methyl sites for hydroxylation is 2. The van der Waals surface area contributed by atoms with Gasteiger partial charge in [0.25, 0.3) is 0 Å². The minimum atomic E-state index is 0. The second-order valence-electron chi connectivity index (χ2n) is 7.75. The van der Waals surface area contributed by atoms with Gasteiger partial charge in [-0.2, -0.15) is 0 Å². The van der Waals surface area contributed by atoms with Gasteiger partial charge >= 0.3 is 0 Å². The Labute approximate surface area is 205 Å². The Hall–Kier alpha value is -3.53. The van der Waals surface area contributed by atoms with Crippen molar-refractivity contribution in [2.75, 3.05) is 0 Å². The first kappa shape index (κ1) is 22.7. The van der Waals surface area contributed by atoms with Crippen LogP contribution in [0, 0.1) is 19.9 Å². The molecule has 0 atom stereocenters. The van der Waals surface area contributed by atoms with Gasteiger partial charge in [-0.1, -0.05) is 50.2 Å². The van der Waals surface area contributed by atoms with Gasteiger partial charge in [-0.25, -0.2) is 0 Å². The van der Waals surface area contributed by atoms with Crippen LogP contribution in [0.15, 0.2) is 89.5 Å². The van der Waals surface area contributed by atoms with E-state index in [9.17, 15) is 5.11 Å². The molecule has 6 aromatic rings. The maximum atomic E-state index is 9.66. The third kappa shape index (κ3) is 4.65. The minimum absolute atomic E-state index is 0. The fourth-order valence-electron chi connectivity index (χ4n) is 3.87. The van der Waals surface area contributed by atoms with Gasteiger partial charge in [0, 0.05) is 26.3 Å². The Bertz CT molecular complexity index is 1550. The van der Waals surface area contributed by atoms with E-state index in [-0.39, 0.29) is 25.9 Å². The zero-order valence-electron chi connectivity index (χ0n) is 18.2. The zero-order valence-corrected chi connectivity index (χ0v) is 20.6. The Morgan fingerprint density at radius 2 is 1.67 bits per heavy atom. The van der Waals surface area contributed by atoms with E-state index < -0.39 is 0 Å². The Morgan fingerprint density at radius 1 is 0.848 bits per heavy atom. The van der Waals surface area contributed by atoms with Crippen LogP contribution in [-0.4, -0.2) is 15.1 Å². The molecule has 0 saturated carbocycles. The average molecular weight is 610 g/mol. The van der Waals surface area contributed by atoms with Gasteiger partial charge < -0.3 is 9.52 Å². The standard InChI is InChI=1S/C17H14N.C11H7NO2.Ir/c1-12-9-13(2)11-15(10-12)17-8-7-14-5-3-4-6-16(14)18-17;13-7-3-1-4-8-10(7)11-9(14-8)5-2-6-12-11;/h3-10H,1-2H3;1-6,13H;/q-1;;. The largest absolute Gasteiger partial charge is 0.507 e. The van der Waals surface area contributed by atoms with Crippen LogP contribution < -0.4 is 0 Å². The number of rotatable bonds is 1. The van der Waals surface area contributed by atoms with Crippen molar-refractivity contribution < 1.29 is 29.6 Å². The first-order chi connectivity index (χ1) is 15.6. The topological polar surface area (TPSA) is 59.2 Å². The van der Waals surface area contributed by atoms with Crippen LogP contribution in [0.1, 0.15) is 11.1 Å². The number of phenols is 1. The SMILES string of the molecule is Cc1[c-]c(-c2ccc3ccccc3n2)cc(C)c1.Oc1cccc2oc3cccnc3c12.[Ir]. The molecule has 0 bridgehead atoms. The fraction of sp³-hybridized carbons (Fsp3) is 0.0714. The average Bonchev–Trinajstić information content (AvgIpc) is 3.18. The van der Waals surface area contributed by atoms with Crippen molar-refractivity contribution in [1.29, 1.82) is 0 Å². The van der Waals surface area contributed by atoms with Crippen LogP contribution in [0.25, 0.3) is 44.2 Å². The number of phenolic OH excluding ortho intramolecular Hbond substituents is 1. The summed E-state index contributed by atoms with van der Waals surface area (Å²) in [5.41, 5.74) is 7.56. The summed E-state index contributed by atoms with van der Waals surface area (Å²) < 4.78 is 5.51. The van der Waals surface area contributed by atoms with Gasteiger partial charge in [0.05, 0.1) is 10.9 Å². The first-order valence-electron chi connectivity index (χ1n) is 10.4. The second-order valence-corrected chi connectivity index (χ2v) is 7.75. The molecule has 0 saturated heterocycles. The summed E-state index contributed by atoms with van der Waals surface area (Å²) in [5.74, 6) is 0.208. The third-order valence-electron chi connectivity index (χ3n) is 5.25. The fourth-order valence-corrected chi connectivity index (χ4v) is 3.87. The number of para-hydroxylation sites is 1. The Morgan fingerprint density at radius 3 is 2.52 bits per heavy atom. The number of aromatic hydroxyl groups is 1. The van der Waals surface area contributed by atoms with Crippen molar-refractivity contribution in [3.63, 3.8) is 0 Å². The van der Waals surface area contributed by atoms with E-state index in [1.165, 1.54) is 10.9 Å². The van der Waals surface area contributed by atoms with Crippen molar-refractivity contribution in [1.82, 2.24) is 9.97 Å². The molecule has 3 aromatic heterocycles. The molecule has 0 unspecified atom stereocenters. The second kappa shape index (κ2) is 9.53. The predicted molar refractivity (Wildman–Crippen MR) is 129 cm³/mol. The summed E-state index contributed by atoms with van der Waals surface area (Å²) >= 11 is 0. The van der Waals surface area contributed by atoms with Crippen molar-refractivity contribution in [2.24, 2.45) is 0 Å². The van der Waals surface area contributed by atoms with E-state index in [2.05, 4.69) is 55.2 Å². The molecule has 33 heavy (non-hydrogen) atoms. The summed E-state index contributed by atoms with van der Waals surface area (Å²) in [6.07, 6.45) is 1.68. The molecular weight excluding hydrogens is 589 g/mol. The number of pyridine rings is 2. The number of furan rings is 1. The summed E-state index contributed by atoms with van der Waals surface area (Å²) in [5, 5.41) is 11.5. The van der Waals surface area contributed by atoms with Gasteiger partial charge in [-0.05, 0) is 41.4 Å². The van der Waals surface area contributed by atoms with Crippen molar-refractivity contribution in [2.45, 2.75) is 13.8 Å². The molecule has 4 nitrogen and oxygen atoms in total. The molecule has 0 fully saturated rings. The van der Waals surface area contributed by atoms with Crippen molar-refractivity contribution in [3.05, 3.63) is 102 Å². The van der Waals surface area contributed by atoms with Crippen LogP contribution in [0.4, 0.5) is 0 Å². The molecule has 3 aromatic carbocycles. The van der Waals surface area contributed by atoms with Gasteiger partial charge in [0.15, 0.2) is 5.58 Å². The van der Waals surface area contributed by atoms with Crippen LogP contribution in [0.2, 0.25) is 0 Å². The molecule has 165 valence electrons. The Balaban J connectivity index is 0.000000157. The van der Waals surface area contributed by atoms with Crippen LogP contribution >= 0.6 is 0 Å². The summed E-state index contributed by atoms with van der Waals surface area (Å²) in [6, 6.07) is 28.8. The van der Waals surface area contributed by atoms with Crippen molar-refractivity contribution in [3.8, 4) is 17.0 Å². The predicted octanol–water partition coefficient (Wildman–Crippen LogP) is 7.00. The normalized spacial score (nSPS) is 10.6. The smallest absolute Gasteiger partial charge is 0.154 e. The zero-order chi connectivity index (χ0) is 22.1.